The summed E-state index contributed by atoms with van der Waals surface area (Å²) in [5, 5.41) is 4.15. The molecule has 1 aliphatic rings. The van der Waals surface area contributed by atoms with Crippen molar-refractivity contribution in [3.8, 4) is 16.9 Å². The fourth-order valence-corrected chi connectivity index (χ4v) is 3.67. The molecule has 0 bridgehead atoms. The van der Waals surface area contributed by atoms with E-state index in [1.165, 1.54) is 17.8 Å². The third-order valence-corrected chi connectivity index (χ3v) is 5.16. The van der Waals surface area contributed by atoms with Gasteiger partial charge >= 0.3 is 0 Å². The summed E-state index contributed by atoms with van der Waals surface area (Å²) in [4.78, 5) is 20.6. The fourth-order valence-electron chi connectivity index (χ4n) is 2.92. The number of ether oxygens (including phenoxy) is 1. The first-order chi connectivity index (χ1) is 13.9. The zero-order chi connectivity index (χ0) is 20.5. The van der Waals surface area contributed by atoms with Crippen molar-refractivity contribution < 1.29 is 18.3 Å². The topological polar surface area (TPSA) is 76.7 Å². The van der Waals surface area contributed by atoms with Gasteiger partial charge in [-0.3, -0.25) is 9.78 Å². The molecule has 1 aliphatic heterocycles. The molecule has 8 heteroatoms. The van der Waals surface area contributed by atoms with Gasteiger partial charge in [-0.05, 0) is 49.4 Å². The Kier molecular flexibility index (Phi) is 5.10. The van der Waals surface area contributed by atoms with Crippen molar-refractivity contribution in [3.63, 3.8) is 0 Å². The van der Waals surface area contributed by atoms with E-state index in [9.17, 15) is 9.18 Å². The largest absolute Gasteiger partial charge is 0.488 e. The Morgan fingerprint density at radius 3 is 2.79 bits per heavy atom. The number of furan rings is 1. The first kappa shape index (κ1) is 19.2. The number of benzene rings is 1. The molecule has 4 rings (SSSR count). The zero-order valence-corrected chi connectivity index (χ0v) is 16.8. The average Bonchev–Trinajstić information content (AvgIpc) is 3.26. The van der Waals surface area contributed by atoms with Gasteiger partial charge < -0.3 is 14.5 Å². The number of hydrogen-bond acceptors (Lipinski definition) is 6. The van der Waals surface area contributed by atoms with Crippen LogP contribution in [-0.2, 0) is 4.79 Å². The lowest BCUT2D eigenvalue weighted by Crippen LogP contribution is -2.10. The molecular formula is C21H18FN3O3S. The molecule has 0 saturated heterocycles. The maximum Gasteiger partial charge on any atom is 0.286 e. The molecule has 0 fully saturated rings. The number of carbonyl (C=O) groups is 1. The Morgan fingerprint density at radius 2 is 2.10 bits per heavy atom. The number of rotatable bonds is 4. The first-order valence-corrected chi connectivity index (χ1v) is 9.80. The van der Waals surface area contributed by atoms with Crippen LogP contribution in [0.3, 0.4) is 0 Å². The predicted molar refractivity (Wildman–Crippen MR) is 112 cm³/mol. The van der Waals surface area contributed by atoms with E-state index in [0.717, 1.165) is 5.39 Å². The lowest BCUT2D eigenvalue weighted by atomic mass is 10.1. The maximum atomic E-state index is 14.4. The molecule has 0 saturated carbocycles. The molecule has 3 aromatic rings. The molecule has 0 aliphatic carbocycles. The average molecular weight is 411 g/mol. The van der Waals surface area contributed by atoms with Gasteiger partial charge in [0.05, 0.1) is 11.0 Å². The summed E-state index contributed by atoms with van der Waals surface area (Å²) in [5.74, 6) is -0.0727. The molecule has 6 nitrogen and oxygen atoms in total. The quantitative estimate of drug-likeness (QED) is 0.632. The lowest BCUT2D eigenvalue weighted by Gasteiger charge is -2.11. The van der Waals surface area contributed by atoms with Crippen LogP contribution >= 0.6 is 11.8 Å². The monoisotopic (exact) mass is 411 g/mol. The Labute approximate surface area is 170 Å². The lowest BCUT2D eigenvalue weighted by molar-refractivity contribution is -0.113. The number of carbonyl (C=O) groups excluding carboxylic acids is 1. The van der Waals surface area contributed by atoms with Gasteiger partial charge in [0.15, 0.2) is 16.7 Å². The summed E-state index contributed by atoms with van der Waals surface area (Å²) in [6, 6.07) is 6.55. The second-order valence-corrected chi connectivity index (χ2v) is 7.68. The second-order valence-electron chi connectivity index (χ2n) is 6.65. The number of nitrogens with zero attached hydrogens (tertiary/aromatic N) is 2. The molecular weight excluding hydrogens is 393 g/mol. The van der Waals surface area contributed by atoms with Gasteiger partial charge in [-0.1, -0.05) is 6.07 Å². The van der Waals surface area contributed by atoms with Crippen molar-refractivity contribution in [2.24, 2.45) is 4.99 Å². The van der Waals surface area contributed by atoms with Gasteiger partial charge in [0.2, 0.25) is 0 Å². The Bertz CT molecular complexity index is 1170. The van der Waals surface area contributed by atoms with E-state index in [1.54, 1.807) is 43.7 Å². The molecule has 1 amide bonds. The number of halogens is 1. The Balaban J connectivity index is 1.71. The van der Waals surface area contributed by atoms with Crippen molar-refractivity contribution in [2.45, 2.75) is 20.0 Å². The fraction of sp³-hybridized carbons (Fsp3) is 0.190. The van der Waals surface area contributed by atoms with Crippen LogP contribution in [0.5, 0.6) is 5.75 Å². The highest BCUT2D eigenvalue weighted by atomic mass is 32.2. The number of aromatic nitrogens is 1. The van der Waals surface area contributed by atoms with Gasteiger partial charge in [-0.15, -0.1) is 0 Å². The van der Waals surface area contributed by atoms with Gasteiger partial charge in [0.1, 0.15) is 11.3 Å². The molecule has 0 spiro atoms. The Morgan fingerprint density at radius 1 is 1.28 bits per heavy atom. The number of nitrogens with one attached hydrogen (secondary N) is 1. The van der Waals surface area contributed by atoms with E-state index >= 15 is 0 Å². The summed E-state index contributed by atoms with van der Waals surface area (Å²) in [5.41, 5.74) is 1.84. The first-order valence-electron chi connectivity index (χ1n) is 8.99. The molecule has 0 radical (unpaired) electrons. The minimum atomic E-state index is -0.452. The van der Waals surface area contributed by atoms with Crippen LogP contribution in [0.1, 0.15) is 19.6 Å². The van der Waals surface area contributed by atoms with E-state index in [-0.39, 0.29) is 17.8 Å². The van der Waals surface area contributed by atoms with Crippen LogP contribution in [0.15, 0.2) is 51.0 Å². The molecule has 1 N–H and O–H groups in total. The van der Waals surface area contributed by atoms with Gasteiger partial charge in [-0.2, -0.15) is 4.99 Å². The highest BCUT2D eigenvalue weighted by Crippen LogP contribution is 2.34. The third kappa shape index (κ3) is 3.88. The van der Waals surface area contributed by atoms with Crippen LogP contribution in [0.4, 0.5) is 4.39 Å². The summed E-state index contributed by atoms with van der Waals surface area (Å²) in [6.45, 7) is 3.68. The van der Waals surface area contributed by atoms with E-state index in [0.29, 0.717) is 32.5 Å². The van der Waals surface area contributed by atoms with E-state index in [2.05, 4.69) is 15.3 Å². The van der Waals surface area contributed by atoms with Gasteiger partial charge in [0, 0.05) is 36.5 Å². The normalized spacial score (nSPS) is 15.4. The van der Waals surface area contributed by atoms with Crippen molar-refractivity contribution in [1.82, 2.24) is 10.3 Å². The Hall–Kier alpha value is -3.13. The minimum absolute atomic E-state index is 0.121. The van der Waals surface area contributed by atoms with Crippen molar-refractivity contribution in [2.75, 3.05) is 7.05 Å². The highest BCUT2D eigenvalue weighted by molar-refractivity contribution is 8.18. The zero-order valence-electron chi connectivity index (χ0n) is 16.0. The van der Waals surface area contributed by atoms with E-state index in [4.69, 9.17) is 9.15 Å². The maximum absolute atomic E-state index is 14.4. The number of fused-ring (bicyclic) bond motifs is 1. The second kappa shape index (κ2) is 7.71. The van der Waals surface area contributed by atoms with E-state index in [1.807, 2.05) is 13.8 Å². The number of amidine groups is 1. The number of pyridine rings is 1. The van der Waals surface area contributed by atoms with Crippen LogP contribution in [0, 0.1) is 5.82 Å². The van der Waals surface area contributed by atoms with Crippen LogP contribution in [-0.4, -0.2) is 29.2 Å². The number of aliphatic imine (C=N–C) groups is 1. The molecule has 0 unspecified atom stereocenters. The van der Waals surface area contributed by atoms with Crippen LogP contribution < -0.4 is 10.1 Å². The molecule has 0 atom stereocenters. The van der Waals surface area contributed by atoms with Gasteiger partial charge in [-0.25, -0.2) is 4.39 Å². The summed E-state index contributed by atoms with van der Waals surface area (Å²) in [7, 11) is 1.71. The molecule has 1 aromatic carbocycles. The molecule has 2 aromatic heterocycles. The third-order valence-electron chi connectivity index (χ3n) is 4.16. The number of amides is 1. The standard InChI is InChI=1S/C21H18FN3O3S/c1-11(2)27-17-5-4-12(7-16(17)22)15-10-24-9-13-6-14(28-19(13)15)8-18-20(26)25-21(23-3)29-18/h4-11H,1-3H3,(H,23,25,26)/b18-8-. The highest BCUT2D eigenvalue weighted by Gasteiger charge is 2.22. The summed E-state index contributed by atoms with van der Waals surface area (Å²) < 4.78 is 25.9. The van der Waals surface area contributed by atoms with Crippen molar-refractivity contribution >= 4 is 39.9 Å². The van der Waals surface area contributed by atoms with Crippen molar-refractivity contribution in [1.29, 1.82) is 0 Å². The molecule has 29 heavy (non-hydrogen) atoms. The number of thioether (sulfide) groups is 1. The van der Waals surface area contributed by atoms with Gasteiger partial charge in [0.25, 0.3) is 5.91 Å². The smallest absolute Gasteiger partial charge is 0.286 e. The van der Waals surface area contributed by atoms with E-state index < -0.39 is 5.82 Å². The minimum Gasteiger partial charge on any atom is -0.488 e. The predicted octanol–water partition coefficient (Wildman–Crippen LogP) is 4.61. The van der Waals surface area contributed by atoms with Crippen LogP contribution in [0.2, 0.25) is 0 Å². The van der Waals surface area contributed by atoms with Crippen molar-refractivity contribution in [3.05, 3.63) is 53.1 Å². The van der Waals surface area contributed by atoms with Crippen LogP contribution in [0.25, 0.3) is 28.2 Å². The summed E-state index contributed by atoms with van der Waals surface area (Å²) in [6.07, 6.45) is 4.81. The number of hydrogen-bond donors (Lipinski definition) is 1. The molecule has 148 valence electrons. The SMILES string of the molecule is CNC1=NC(=O)/C(=C/c2cc3cncc(-c4ccc(OC(C)C)c(F)c4)c3o2)S1. The molecule has 3 heterocycles. The summed E-state index contributed by atoms with van der Waals surface area (Å²) >= 11 is 1.24.